The van der Waals surface area contributed by atoms with Gasteiger partial charge in [-0.2, -0.15) is 5.10 Å². The minimum Gasteiger partial charge on any atom is -0.367 e. The maximum atomic E-state index is 13.7. The van der Waals surface area contributed by atoms with E-state index in [-0.39, 0.29) is 11.6 Å². The van der Waals surface area contributed by atoms with Crippen molar-refractivity contribution >= 4 is 22.4 Å². The molecule has 0 amide bonds. The van der Waals surface area contributed by atoms with Crippen LogP contribution in [0.2, 0.25) is 0 Å². The Morgan fingerprint density at radius 2 is 2.03 bits per heavy atom. The molecule has 1 aliphatic rings. The Balaban J connectivity index is 1.67. The number of fused-ring (bicyclic) bond motifs is 1. The number of hydrogen-bond donors (Lipinski definition) is 1. The number of benzene rings is 1. The number of halogens is 3. The maximum Gasteiger partial charge on any atom is 0.270 e. The molecule has 0 saturated carbocycles. The fourth-order valence-corrected chi connectivity index (χ4v) is 3.75. The number of alkyl halides is 3. The SMILES string of the molecule is Cc1nnc(N[C@H](C)c2cccc(C(C)(F)F)c2)c2cc(N3CC[C@@H](F)C3)cnc12. The van der Waals surface area contributed by atoms with Gasteiger partial charge in [0, 0.05) is 31.0 Å². The van der Waals surface area contributed by atoms with Crippen LogP contribution in [-0.4, -0.2) is 34.4 Å². The van der Waals surface area contributed by atoms with Crippen molar-refractivity contribution in [3.05, 3.63) is 53.3 Å². The van der Waals surface area contributed by atoms with E-state index in [0.717, 1.165) is 18.0 Å². The Kier molecular flexibility index (Phi) is 5.26. The molecule has 0 spiro atoms. The molecule has 1 aliphatic heterocycles. The molecule has 8 heteroatoms. The van der Waals surface area contributed by atoms with Crippen molar-refractivity contribution in [2.45, 2.75) is 45.3 Å². The molecule has 0 radical (unpaired) electrons. The average molecular weight is 415 g/mol. The van der Waals surface area contributed by atoms with E-state index < -0.39 is 12.1 Å². The maximum absolute atomic E-state index is 13.7. The van der Waals surface area contributed by atoms with Gasteiger partial charge in [0.2, 0.25) is 0 Å². The first-order chi connectivity index (χ1) is 14.2. The minimum absolute atomic E-state index is 0.0349. The lowest BCUT2D eigenvalue weighted by molar-refractivity contribution is 0.0174. The van der Waals surface area contributed by atoms with Crippen molar-refractivity contribution in [3.63, 3.8) is 0 Å². The van der Waals surface area contributed by atoms with Crippen LogP contribution in [0.3, 0.4) is 0 Å². The predicted octanol–water partition coefficient (Wildman–Crippen LogP) is 5.17. The Morgan fingerprint density at radius 3 is 2.73 bits per heavy atom. The largest absolute Gasteiger partial charge is 0.367 e. The molecule has 158 valence electrons. The highest BCUT2D eigenvalue weighted by molar-refractivity contribution is 5.92. The number of rotatable bonds is 5. The topological polar surface area (TPSA) is 53.9 Å². The third kappa shape index (κ3) is 4.04. The molecular weight excluding hydrogens is 391 g/mol. The summed E-state index contributed by atoms with van der Waals surface area (Å²) in [5, 5.41) is 12.5. The Hall–Kier alpha value is -2.90. The van der Waals surface area contributed by atoms with E-state index in [0.29, 0.717) is 42.1 Å². The number of aromatic nitrogens is 3. The monoisotopic (exact) mass is 415 g/mol. The highest BCUT2D eigenvalue weighted by Crippen LogP contribution is 2.32. The first-order valence-corrected chi connectivity index (χ1v) is 9.99. The third-order valence-electron chi connectivity index (χ3n) is 5.51. The summed E-state index contributed by atoms with van der Waals surface area (Å²) in [6, 6.07) is 8.00. The highest BCUT2D eigenvalue weighted by atomic mass is 19.3. The van der Waals surface area contributed by atoms with E-state index in [9.17, 15) is 13.2 Å². The van der Waals surface area contributed by atoms with Gasteiger partial charge in [0.05, 0.1) is 29.1 Å². The number of hydrogen-bond acceptors (Lipinski definition) is 5. The standard InChI is InChI=1S/C22H24F3N5/c1-13(15-5-4-6-16(9-15)22(3,24)25)27-21-19-10-18(30-8-7-17(23)12-30)11-26-20(19)14(2)28-29-21/h4-6,9-11,13,17H,7-8,12H2,1-3H3,(H,27,29)/t13-,17-/m1/s1. The lowest BCUT2D eigenvalue weighted by Crippen LogP contribution is -2.20. The molecular formula is C22H24F3N5. The Labute approximate surface area is 173 Å². The number of nitrogens with zero attached hydrogens (tertiary/aromatic N) is 4. The van der Waals surface area contributed by atoms with E-state index in [1.54, 1.807) is 18.3 Å². The molecule has 0 unspecified atom stereocenters. The van der Waals surface area contributed by atoms with E-state index >= 15 is 0 Å². The molecule has 1 saturated heterocycles. The summed E-state index contributed by atoms with van der Waals surface area (Å²) in [5.74, 6) is -2.39. The van der Waals surface area contributed by atoms with Crippen LogP contribution in [-0.2, 0) is 5.92 Å². The summed E-state index contributed by atoms with van der Waals surface area (Å²) < 4.78 is 41.1. The van der Waals surface area contributed by atoms with Crippen molar-refractivity contribution < 1.29 is 13.2 Å². The number of anilines is 2. The predicted molar refractivity (Wildman–Crippen MR) is 112 cm³/mol. The van der Waals surface area contributed by atoms with Gasteiger partial charge in [0.1, 0.15) is 6.17 Å². The van der Waals surface area contributed by atoms with Crippen LogP contribution < -0.4 is 10.2 Å². The van der Waals surface area contributed by atoms with Gasteiger partial charge < -0.3 is 10.2 Å². The van der Waals surface area contributed by atoms with E-state index in [4.69, 9.17) is 0 Å². The lowest BCUT2D eigenvalue weighted by Gasteiger charge is -2.20. The molecule has 0 aliphatic carbocycles. The van der Waals surface area contributed by atoms with Crippen molar-refractivity contribution in [1.29, 1.82) is 0 Å². The molecule has 1 fully saturated rings. The molecule has 3 aromatic rings. The van der Waals surface area contributed by atoms with Crippen molar-refractivity contribution in [3.8, 4) is 0 Å². The van der Waals surface area contributed by atoms with Crippen LogP contribution in [0.5, 0.6) is 0 Å². The van der Waals surface area contributed by atoms with Gasteiger partial charge in [-0.15, -0.1) is 5.10 Å². The van der Waals surface area contributed by atoms with Gasteiger partial charge in [-0.05, 0) is 38.0 Å². The summed E-state index contributed by atoms with van der Waals surface area (Å²) in [6.07, 6.45) is 1.40. The van der Waals surface area contributed by atoms with Gasteiger partial charge in [-0.1, -0.05) is 18.2 Å². The van der Waals surface area contributed by atoms with Crippen LogP contribution in [0.25, 0.3) is 10.9 Å². The van der Waals surface area contributed by atoms with Crippen LogP contribution >= 0.6 is 0 Å². The first kappa shape index (κ1) is 20.4. The van der Waals surface area contributed by atoms with Gasteiger partial charge >= 0.3 is 0 Å². The minimum atomic E-state index is -2.91. The van der Waals surface area contributed by atoms with E-state index in [1.807, 2.05) is 24.8 Å². The Morgan fingerprint density at radius 1 is 1.23 bits per heavy atom. The summed E-state index contributed by atoms with van der Waals surface area (Å²) in [7, 11) is 0. The normalized spacial score (nSPS) is 18.1. The van der Waals surface area contributed by atoms with Crippen LogP contribution in [0.15, 0.2) is 36.5 Å². The number of pyridine rings is 1. The fourth-order valence-electron chi connectivity index (χ4n) is 3.75. The average Bonchev–Trinajstić information content (AvgIpc) is 3.15. The van der Waals surface area contributed by atoms with Crippen LogP contribution in [0.4, 0.5) is 24.7 Å². The van der Waals surface area contributed by atoms with Gasteiger partial charge in [-0.25, -0.2) is 13.2 Å². The lowest BCUT2D eigenvalue weighted by atomic mass is 10.0. The van der Waals surface area contributed by atoms with Gasteiger partial charge in [0.15, 0.2) is 5.82 Å². The molecule has 1 N–H and O–H groups in total. The molecule has 1 aromatic carbocycles. The summed E-state index contributed by atoms with van der Waals surface area (Å²) in [4.78, 5) is 6.50. The summed E-state index contributed by atoms with van der Waals surface area (Å²) >= 11 is 0. The Bertz CT molecular complexity index is 1070. The number of nitrogens with one attached hydrogen (secondary N) is 1. The molecule has 2 aromatic heterocycles. The zero-order chi connectivity index (χ0) is 21.5. The van der Waals surface area contributed by atoms with Crippen molar-refractivity contribution in [1.82, 2.24) is 15.2 Å². The van der Waals surface area contributed by atoms with Gasteiger partial charge in [-0.3, -0.25) is 4.98 Å². The molecule has 3 heterocycles. The molecule has 2 atom stereocenters. The van der Waals surface area contributed by atoms with Crippen molar-refractivity contribution in [2.24, 2.45) is 0 Å². The fraction of sp³-hybridized carbons (Fsp3) is 0.409. The molecule has 30 heavy (non-hydrogen) atoms. The summed E-state index contributed by atoms with van der Waals surface area (Å²) in [6.45, 7) is 5.59. The molecule has 4 rings (SSSR count). The zero-order valence-corrected chi connectivity index (χ0v) is 17.2. The quantitative estimate of drug-likeness (QED) is 0.623. The van der Waals surface area contributed by atoms with E-state index in [2.05, 4.69) is 20.5 Å². The smallest absolute Gasteiger partial charge is 0.270 e. The second-order valence-corrected chi connectivity index (χ2v) is 7.94. The van der Waals surface area contributed by atoms with Crippen LogP contribution in [0.1, 0.15) is 43.1 Å². The zero-order valence-electron chi connectivity index (χ0n) is 17.2. The van der Waals surface area contributed by atoms with Gasteiger partial charge in [0.25, 0.3) is 5.92 Å². The molecule has 5 nitrogen and oxygen atoms in total. The summed E-state index contributed by atoms with van der Waals surface area (Å²) in [5.41, 5.74) is 2.90. The van der Waals surface area contributed by atoms with Crippen molar-refractivity contribution in [2.75, 3.05) is 23.3 Å². The van der Waals surface area contributed by atoms with Crippen LogP contribution in [0, 0.1) is 6.92 Å². The second kappa shape index (κ2) is 7.74. The molecule has 0 bridgehead atoms. The highest BCUT2D eigenvalue weighted by Gasteiger charge is 2.25. The first-order valence-electron chi connectivity index (χ1n) is 9.99. The second-order valence-electron chi connectivity index (χ2n) is 7.94. The third-order valence-corrected chi connectivity index (χ3v) is 5.51. The number of aryl methyl sites for hydroxylation is 1. The van der Waals surface area contributed by atoms with E-state index in [1.165, 1.54) is 12.1 Å².